The average Bonchev–Trinajstić information content (AvgIpc) is 3.86. The monoisotopic (exact) mass is 1140 g/mol. The van der Waals surface area contributed by atoms with E-state index in [1.807, 2.05) is 0 Å². The highest BCUT2D eigenvalue weighted by atomic mass is 32.2. The van der Waals surface area contributed by atoms with Crippen molar-refractivity contribution in [2.45, 2.75) is 58.2 Å². The van der Waals surface area contributed by atoms with Gasteiger partial charge in [0.05, 0.1) is 32.3 Å². The molecule has 406 valence electrons. The van der Waals surface area contributed by atoms with Crippen LogP contribution >= 0.6 is 0 Å². The highest BCUT2D eigenvalue weighted by Crippen LogP contribution is 2.56. The Balaban J connectivity index is 1.49. The van der Waals surface area contributed by atoms with Crippen LogP contribution in [0.2, 0.25) is 0 Å². The van der Waals surface area contributed by atoms with Gasteiger partial charge in [-0.2, -0.15) is 69.5 Å². The standard InChI is InChI=1S/C44H26F16N4O10S2/c45-37(46)41(53,54)43(57,58)39(49,50)21-73-75(69,70)25-17-28-27(15-16-34-61(23-9-3-1-4-10-23)30-13-7-8-14-31(30)62(34)24-11-5-2-6-12-24)29-18-26(20-33(64(67)68)36(29)35(28)32(19-25)63(65)66)76(71,72)74-22-40(51,52)44(59,60)42(55,56)38(47)48/h1-20,37-38H,21-22H2. The zero-order valence-electron chi connectivity index (χ0n) is 36.9. The Morgan fingerprint density at radius 1 is 0.513 bits per heavy atom. The van der Waals surface area contributed by atoms with Crippen LogP contribution in [0.15, 0.2) is 137 Å². The maximum atomic E-state index is 14.6. The summed E-state index contributed by atoms with van der Waals surface area (Å²) in [4.78, 5) is 22.2. The Morgan fingerprint density at radius 3 is 1.16 bits per heavy atom. The first-order valence-electron chi connectivity index (χ1n) is 20.5. The summed E-state index contributed by atoms with van der Waals surface area (Å²) in [6.07, 6.45) is -8.97. The van der Waals surface area contributed by atoms with Gasteiger partial charge in [-0.15, -0.1) is 0 Å². The molecule has 1 aliphatic heterocycles. The zero-order chi connectivity index (χ0) is 56.5. The first-order chi connectivity index (χ1) is 35.1. The van der Waals surface area contributed by atoms with Crippen LogP contribution < -0.4 is 9.80 Å². The second kappa shape index (κ2) is 19.4. The third kappa shape index (κ3) is 9.43. The van der Waals surface area contributed by atoms with Crippen LogP contribution in [-0.2, 0) is 28.6 Å². The molecule has 5 aromatic carbocycles. The predicted molar refractivity (Wildman–Crippen MR) is 232 cm³/mol. The van der Waals surface area contributed by atoms with Crippen molar-refractivity contribution in [2.24, 2.45) is 0 Å². The quantitative estimate of drug-likeness (QED) is 0.0325. The average molecular weight is 1140 g/mol. The molecular formula is C44H26F16N4O10S2. The van der Waals surface area contributed by atoms with Gasteiger partial charge >= 0.3 is 48.4 Å². The molecule has 0 saturated carbocycles. The molecule has 0 unspecified atom stereocenters. The predicted octanol–water partition coefficient (Wildman–Crippen LogP) is 12.5. The first-order valence-corrected chi connectivity index (χ1v) is 23.4. The minimum atomic E-state index is -7.05. The van der Waals surface area contributed by atoms with Gasteiger partial charge in [0.15, 0.2) is 0 Å². The van der Waals surface area contributed by atoms with Crippen LogP contribution in [0.25, 0.3) is 16.7 Å². The lowest BCUT2D eigenvalue weighted by Gasteiger charge is -2.31. The van der Waals surface area contributed by atoms with Crippen LogP contribution in [0.1, 0.15) is 11.1 Å². The summed E-state index contributed by atoms with van der Waals surface area (Å²) in [5, 5.41) is 25.6. The summed E-state index contributed by atoms with van der Waals surface area (Å²) in [7, 11) is -12.5. The fourth-order valence-corrected chi connectivity index (χ4v) is 9.54. The number of alkyl halides is 16. The zero-order valence-corrected chi connectivity index (χ0v) is 38.5. The number of nitro groups is 2. The molecule has 0 fully saturated rings. The molecule has 76 heavy (non-hydrogen) atoms. The molecule has 0 N–H and O–H groups in total. The molecule has 0 saturated heterocycles. The molecule has 32 heteroatoms. The van der Waals surface area contributed by atoms with E-state index in [9.17, 15) is 107 Å². The molecule has 5 aromatic rings. The maximum Gasteiger partial charge on any atom is 0.380 e. The van der Waals surface area contributed by atoms with E-state index >= 15 is 0 Å². The minimum Gasteiger partial charge on any atom is -0.294 e. The third-order valence-electron chi connectivity index (χ3n) is 11.3. The van der Waals surface area contributed by atoms with Gasteiger partial charge in [0.2, 0.25) is 0 Å². The largest absolute Gasteiger partial charge is 0.380 e. The van der Waals surface area contributed by atoms with Crippen molar-refractivity contribution in [3.63, 3.8) is 0 Å². The molecule has 1 aliphatic carbocycles. The lowest BCUT2D eigenvalue weighted by Crippen LogP contribution is -2.59. The molecule has 0 bridgehead atoms. The Morgan fingerprint density at radius 2 is 0.842 bits per heavy atom. The maximum absolute atomic E-state index is 14.6. The first kappa shape index (κ1) is 56.4. The van der Waals surface area contributed by atoms with E-state index in [1.165, 1.54) is 0 Å². The fraction of sp³-hybridized carbons (Fsp3) is 0.227. The van der Waals surface area contributed by atoms with Crippen molar-refractivity contribution < 1.29 is 105 Å². The molecule has 7 rings (SSSR count). The Kier molecular flexibility index (Phi) is 14.4. The van der Waals surface area contributed by atoms with Gasteiger partial charge in [0.25, 0.3) is 31.6 Å². The number of fused-ring (bicyclic) bond motifs is 4. The topological polar surface area (TPSA) is 180 Å². The number of rotatable bonds is 19. The summed E-state index contributed by atoms with van der Waals surface area (Å²) in [6.45, 7) is -6.71. The van der Waals surface area contributed by atoms with Crippen molar-refractivity contribution in [1.29, 1.82) is 0 Å². The number of nitro benzene ring substituents is 2. The number of para-hydroxylation sites is 4. The molecule has 14 nitrogen and oxygen atoms in total. The Hall–Kier alpha value is -7.32. The Bertz CT molecular complexity index is 3210. The normalized spacial score (nSPS) is 14.6. The summed E-state index contributed by atoms with van der Waals surface area (Å²) >= 11 is 0. The van der Waals surface area contributed by atoms with E-state index in [4.69, 9.17) is 0 Å². The molecular weight excluding hydrogens is 1110 g/mol. The molecule has 2 aliphatic rings. The highest BCUT2D eigenvalue weighted by molar-refractivity contribution is 7.87. The lowest BCUT2D eigenvalue weighted by atomic mass is 10.0. The van der Waals surface area contributed by atoms with Crippen LogP contribution in [0.5, 0.6) is 0 Å². The molecule has 0 spiro atoms. The van der Waals surface area contributed by atoms with Crippen molar-refractivity contribution in [3.05, 3.63) is 159 Å². The van der Waals surface area contributed by atoms with Gasteiger partial charge in [-0.3, -0.25) is 38.4 Å². The van der Waals surface area contributed by atoms with Crippen molar-refractivity contribution >= 4 is 59.9 Å². The number of anilines is 4. The van der Waals surface area contributed by atoms with Crippen LogP contribution in [-0.4, -0.2) is 88.3 Å². The van der Waals surface area contributed by atoms with Gasteiger partial charge in [-0.25, -0.2) is 17.6 Å². The van der Waals surface area contributed by atoms with E-state index in [0.717, 1.165) is 12.2 Å². The van der Waals surface area contributed by atoms with Crippen molar-refractivity contribution in [3.8, 4) is 11.1 Å². The van der Waals surface area contributed by atoms with E-state index < -0.39 is 141 Å². The second-order valence-electron chi connectivity index (χ2n) is 16.0. The van der Waals surface area contributed by atoms with E-state index in [-0.39, 0.29) is 30.1 Å². The summed E-state index contributed by atoms with van der Waals surface area (Å²) < 4.78 is 283. The summed E-state index contributed by atoms with van der Waals surface area (Å²) in [5.41, 5.74) is -6.67. The van der Waals surface area contributed by atoms with Gasteiger partial charge < -0.3 is 0 Å². The van der Waals surface area contributed by atoms with E-state index in [2.05, 4.69) is 8.37 Å². The molecule has 1 heterocycles. The highest BCUT2D eigenvalue weighted by Gasteiger charge is 2.76. The number of hydrogen-bond donors (Lipinski definition) is 0. The lowest BCUT2D eigenvalue weighted by molar-refractivity contribution is -0.386. The van der Waals surface area contributed by atoms with Crippen molar-refractivity contribution in [2.75, 3.05) is 23.0 Å². The fourth-order valence-electron chi connectivity index (χ4n) is 7.63. The van der Waals surface area contributed by atoms with E-state index in [0.29, 0.717) is 22.7 Å². The van der Waals surface area contributed by atoms with Crippen LogP contribution in [0.4, 0.5) is 104 Å². The van der Waals surface area contributed by atoms with E-state index in [1.54, 1.807) is 94.7 Å². The van der Waals surface area contributed by atoms with Crippen LogP contribution in [0.3, 0.4) is 0 Å². The van der Waals surface area contributed by atoms with Crippen molar-refractivity contribution in [1.82, 2.24) is 0 Å². The molecule has 0 aromatic heterocycles. The SMILES string of the molecule is O=[N+]([O-])c1cc(S(=O)(=O)OCC(F)(F)C(F)(F)C(F)(F)C(F)F)cc2c1-c1c(cc(S(=O)(=O)OCC(F)(F)C(F)(F)C(F)(F)C(F)F)cc1[N+](=O)[O-])C2=CC=C1N(c2ccccc2)c2ccccc2N1c1ccccc1. The minimum absolute atomic E-state index is 0.0248. The summed E-state index contributed by atoms with van der Waals surface area (Å²) in [5.74, 6) is -40.7. The number of allylic oxidation sites excluding steroid dienone is 2. The van der Waals surface area contributed by atoms with Crippen LogP contribution in [0, 0.1) is 20.2 Å². The molecule has 0 atom stereocenters. The number of nitrogens with zero attached hydrogens (tertiary/aromatic N) is 4. The second-order valence-corrected chi connectivity index (χ2v) is 19.2. The van der Waals surface area contributed by atoms with Gasteiger partial charge in [-0.1, -0.05) is 54.6 Å². The number of halogens is 16. The van der Waals surface area contributed by atoms with Gasteiger partial charge in [0.1, 0.15) is 28.8 Å². The smallest absolute Gasteiger partial charge is 0.294 e. The number of benzene rings is 5. The third-order valence-corrected chi connectivity index (χ3v) is 13.8. The number of hydrogen-bond acceptors (Lipinski definition) is 12. The van der Waals surface area contributed by atoms with Gasteiger partial charge in [-0.05, 0) is 71.3 Å². The summed E-state index contributed by atoms with van der Waals surface area (Å²) in [6, 6.07) is 22.5. The van der Waals surface area contributed by atoms with Gasteiger partial charge in [0, 0.05) is 23.5 Å². The molecule has 0 radical (unpaired) electrons. The Labute approximate surface area is 415 Å². The molecule has 0 amide bonds.